The predicted molar refractivity (Wildman–Crippen MR) is 93.2 cm³/mol. The zero-order chi connectivity index (χ0) is 16.7. The van der Waals surface area contributed by atoms with Crippen LogP contribution in [0.1, 0.15) is 44.2 Å². The van der Waals surface area contributed by atoms with Gasteiger partial charge in [-0.25, -0.2) is 13.1 Å². The molecule has 1 N–H and O–H groups in total. The summed E-state index contributed by atoms with van der Waals surface area (Å²) in [6.45, 7) is 4.26. The molecule has 6 heteroatoms. The van der Waals surface area contributed by atoms with E-state index in [9.17, 15) is 8.42 Å². The largest absolute Gasteiger partial charge is 0.497 e. The summed E-state index contributed by atoms with van der Waals surface area (Å²) in [4.78, 5) is 2.37. The fourth-order valence-corrected chi connectivity index (χ4v) is 4.26. The Labute approximate surface area is 140 Å². The molecule has 1 aromatic carbocycles. The second kappa shape index (κ2) is 8.66. The molecule has 1 unspecified atom stereocenters. The van der Waals surface area contributed by atoms with Gasteiger partial charge >= 0.3 is 0 Å². The summed E-state index contributed by atoms with van der Waals surface area (Å²) in [5.74, 6) is 1.09. The topological polar surface area (TPSA) is 58.6 Å². The number of likely N-dealkylation sites (tertiary alicyclic amines) is 1. The van der Waals surface area contributed by atoms with Gasteiger partial charge in [-0.05, 0) is 43.5 Å². The van der Waals surface area contributed by atoms with Crippen LogP contribution in [0.15, 0.2) is 24.3 Å². The maximum absolute atomic E-state index is 11.8. The third-order valence-electron chi connectivity index (χ3n) is 4.35. The Hall–Kier alpha value is -1.11. The highest BCUT2D eigenvalue weighted by molar-refractivity contribution is 7.89. The van der Waals surface area contributed by atoms with E-state index in [0.717, 1.165) is 38.1 Å². The van der Waals surface area contributed by atoms with Crippen LogP contribution in [-0.4, -0.2) is 45.8 Å². The van der Waals surface area contributed by atoms with Gasteiger partial charge in [-0.3, -0.25) is 4.90 Å². The first kappa shape index (κ1) is 18.2. The van der Waals surface area contributed by atoms with Gasteiger partial charge < -0.3 is 4.74 Å². The van der Waals surface area contributed by atoms with Gasteiger partial charge in [-0.15, -0.1) is 0 Å². The van der Waals surface area contributed by atoms with Crippen LogP contribution in [0.3, 0.4) is 0 Å². The summed E-state index contributed by atoms with van der Waals surface area (Å²) < 4.78 is 31.6. The molecular formula is C17H28N2O3S. The fraction of sp³-hybridized carbons (Fsp3) is 0.647. The third-order valence-corrected chi connectivity index (χ3v) is 5.82. The molecule has 5 nitrogen and oxygen atoms in total. The van der Waals surface area contributed by atoms with Crippen molar-refractivity contribution in [3.8, 4) is 5.75 Å². The van der Waals surface area contributed by atoms with Crippen LogP contribution in [-0.2, 0) is 10.0 Å². The summed E-state index contributed by atoms with van der Waals surface area (Å²) in [6.07, 6.45) is 3.88. The average molecular weight is 340 g/mol. The molecule has 130 valence electrons. The molecule has 0 amide bonds. The molecule has 1 heterocycles. The van der Waals surface area contributed by atoms with E-state index in [1.165, 1.54) is 5.56 Å². The molecule has 1 aliphatic heterocycles. The van der Waals surface area contributed by atoms with Crippen molar-refractivity contribution in [1.82, 2.24) is 9.62 Å². The van der Waals surface area contributed by atoms with E-state index < -0.39 is 10.0 Å². The van der Waals surface area contributed by atoms with Gasteiger partial charge in [-0.2, -0.15) is 0 Å². The molecule has 0 radical (unpaired) electrons. The van der Waals surface area contributed by atoms with Gasteiger partial charge in [0, 0.05) is 19.1 Å². The Balaban J connectivity index is 1.86. The van der Waals surface area contributed by atoms with Crippen LogP contribution in [0, 0.1) is 0 Å². The van der Waals surface area contributed by atoms with Gasteiger partial charge in [0.15, 0.2) is 0 Å². The minimum atomic E-state index is -3.12. The van der Waals surface area contributed by atoms with Crippen LogP contribution >= 0.6 is 0 Å². The molecule has 0 spiro atoms. The van der Waals surface area contributed by atoms with Crippen molar-refractivity contribution in [2.45, 2.75) is 38.6 Å². The second-order valence-electron chi connectivity index (χ2n) is 6.03. The lowest BCUT2D eigenvalue weighted by Gasteiger charge is -2.25. The molecule has 1 fully saturated rings. The summed E-state index contributed by atoms with van der Waals surface area (Å²) in [5, 5.41) is 0. The first-order chi connectivity index (χ1) is 11.1. The zero-order valence-electron chi connectivity index (χ0n) is 14.1. The Morgan fingerprint density at radius 1 is 1.30 bits per heavy atom. The summed E-state index contributed by atoms with van der Waals surface area (Å²) in [5.41, 5.74) is 1.28. The lowest BCUT2D eigenvalue weighted by Crippen LogP contribution is -2.35. The van der Waals surface area contributed by atoms with E-state index >= 15 is 0 Å². The molecule has 2 rings (SSSR count). The van der Waals surface area contributed by atoms with Crippen LogP contribution in [0.5, 0.6) is 5.75 Å². The van der Waals surface area contributed by atoms with Gasteiger partial charge in [0.05, 0.1) is 12.9 Å². The first-order valence-electron chi connectivity index (χ1n) is 8.41. The molecular weight excluding hydrogens is 312 g/mol. The molecule has 1 saturated heterocycles. The van der Waals surface area contributed by atoms with Gasteiger partial charge in [0.25, 0.3) is 0 Å². The molecule has 1 atom stereocenters. The smallest absolute Gasteiger partial charge is 0.211 e. The number of ether oxygens (including phenoxy) is 1. The van der Waals surface area contributed by atoms with Crippen LogP contribution in [0.4, 0.5) is 0 Å². The Bertz CT molecular complexity index is 572. The first-order valence-corrected chi connectivity index (χ1v) is 10.1. The Kier molecular flexibility index (Phi) is 6.87. The van der Waals surface area contributed by atoms with Crippen molar-refractivity contribution >= 4 is 10.0 Å². The monoisotopic (exact) mass is 340 g/mol. The van der Waals surface area contributed by atoms with E-state index in [2.05, 4.69) is 21.8 Å². The Morgan fingerprint density at radius 2 is 2.04 bits per heavy atom. The number of nitrogens with zero attached hydrogens (tertiary/aromatic N) is 1. The lowest BCUT2D eigenvalue weighted by molar-refractivity contribution is 0.261. The molecule has 0 aromatic heterocycles. The summed E-state index contributed by atoms with van der Waals surface area (Å²) in [6, 6.07) is 8.56. The number of nitrogens with one attached hydrogen (secondary N) is 1. The van der Waals surface area contributed by atoms with Crippen LogP contribution in [0.2, 0.25) is 0 Å². The number of rotatable bonds is 9. The molecule has 0 bridgehead atoms. The molecule has 23 heavy (non-hydrogen) atoms. The average Bonchev–Trinajstić information content (AvgIpc) is 3.01. The number of hydrogen-bond donors (Lipinski definition) is 1. The highest BCUT2D eigenvalue weighted by atomic mass is 32.2. The standard InChI is InChI=1S/C17H28N2O3S/c1-3-4-14-23(20,21)18-11-13-19-12-5-6-17(19)15-7-9-16(22-2)10-8-15/h7-10,17-18H,3-6,11-14H2,1-2H3. The van der Waals surface area contributed by atoms with E-state index in [1.807, 2.05) is 19.1 Å². The maximum atomic E-state index is 11.8. The highest BCUT2D eigenvalue weighted by Gasteiger charge is 2.25. The van der Waals surface area contributed by atoms with Crippen molar-refractivity contribution in [1.29, 1.82) is 0 Å². The highest BCUT2D eigenvalue weighted by Crippen LogP contribution is 2.32. The number of benzene rings is 1. The van der Waals surface area contributed by atoms with Gasteiger partial charge in [0.1, 0.15) is 5.75 Å². The van der Waals surface area contributed by atoms with Crippen LogP contribution < -0.4 is 9.46 Å². The predicted octanol–water partition coefficient (Wildman–Crippen LogP) is 2.55. The van der Waals surface area contributed by atoms with Gasteiger partial charge in [0.2, 0.25) is 10.0 Å². The van der Waals surface area contributed by atoms with Crippen molar-refractivity contribution in [2.24, 2.45) is 0 Å². The third kappa shape index (κ3) is 5.48. The molecule has 0 aliphatic carbocycles. The van der Waals surface area contributed by atoms with Crippen molar-refractivity contribution in [3.05, 3.63) is 29.8 Å². The normalized spacial score (nSPS) is 19.1. The summed E-state index contributed by atoms with van der Waals surface area (Å²) in [7, 11) is -1.45. The number of sulfonamides is 1. The van der Waals surface area contributed by atoms with E-state index in [0.29, 0.717) is 19.0 Å². The second-order valence-corrected chi connectivity index (χ2v) is 7.96. The Morgan fingerprint density at radius 3 is 2.70 bits per heavy atom. The van der Waals surface area contributed by atoms with E-state index in [4.69, 9.17) is 4.74 Å². The minimum Gasteiger partial charge on any atom is -0.497 e. The quantitative estimate of drug-likeness (QED) is 0.750. The summed E-state index contributed by atoms with van der Waals surface area (Å²) >= 11 is 0. The van der Waals surface area contributed by atoms with Crippen LogP contribution in [0.25, 0.3) is 0 Å². The fourth-order valence-electron chi connectivity index (χ4n) is 3.05. The van der Waals surface area contributed by atoms with Gasteiger partial charge in [-0.1, -0.05) is 25.5 Å². The molecule has 1 aliphatic rings. The van der Waals surface area contributed by atoms with E-state index in [1.54, 1.807) is 7.11 Å². The minimum absolute atomic E-state index is 0.228. The number of methoxy groups -OCH3 is 1. The van der Waals surface area contributed by atoms with Crippen molar-refractivity contribution in [3.63, 3.8) is 0 Å². The molecule has 1 aromatic rings. The lowest BCUT2D eigenvalue weighted by atomic mass is 10.0. The SMILES string of the molecule is CCCCS(=O)(=O)NCCN1CCCC1c1ccc(OC)cc1. The molecule has 0 saturated carbocycles. The van der Waals surface area contributed by atoms with Crippen molar-refractivity contribution < 1.29 is 13.2 Å². The van der Waals surface area contributed by atoms with Crippen molar-refractivity contribution in [2.75, 3.05) is 32.5 Å². The van der Waals surface area contributed by atoms with E-state index in [-0.39, 0.29) is 5.75 Å². The number of unbranched alkanes of at least 4 members (excludes halogenated alkanes) is 1. The number of hydrogen-bond acceptors (Lipinski definition) is 4. The zero-order valence-corrected chi connectivity index (χ0v) is 14.9. The maximum Gasteiger partial charge on any atom is 0.211 e.